The van der Waals surface area contributed by atoms with Gasteiger partial charge in [-0.2, -0.15) is 0 Å². The lowest BCUT2D eigenvalue weighted by Crippen LogP contribution is -2.39. The first-order valence-electron chi connectivity index (χ1n) is 9.31. The molecular formula is C22H19BrN2O2. The van der Waals surface area contributed by atoms with Gasteiger partial charge >= 0.3 is 0 Å². The number of hydrogen-bond acceptors (Lipinski definition) is 2. The molecule has 3 heterocycles. The molecule has 27 heavy (non-hydrogen) atoms. The Bertz CT molecular complexity index is 1160. The summed E-state index contributed by atoms with van der Waals surface area (Å²) in [6.07, 6.45) is 4.58. The lowest BCUT2D eigenvalue weighted by Gasteiger charge is -2.25. The van der Waals surface area contributed by atoms with Gasteiger partial charge in [-0.1, -0.05) is 28.1 Å². The van der Waals surface area contributed by atoms with Crippen molar-refractivity contribution in [1.29, 1.82) is 0 Å². The highest BCUT2D eigenvalue weighted by atomic mass is 79.9. The van der Waals surface area contributed by atoms with Crippen LogP contribution in [0, 0.1) is 0 Å². The zero-order chi connectivity index (χ0) is 18.7. The van der Waals surface area contributed by atoms with Crippen LogP contribution in [-0.4, -0.2) is 16.5 Å². The third-order valence-electron chi connectivity index (χ3n) is 5.73. The van der Waals surface area contributed by atoms with Gasteiger partial charge in [0.05, 0.1) is 5.52 Å². The van der Waals surface area contributed by atoms with Gasteiger partial charge in [0.2, 0.25) is 5.43 Å². The maximum absolute atomic E-state index is 13.4. The van der Waals surface area contributed by atoms with E-state index >= 15 is 0 Å². The third-order valence-corrected chi connectivity index (χ3v) is 6.23. The predicted octanol–water partition coefficient (Wildman–Crippen LogP) is 4.30. The van der Waals surface area contributed by atoms with Crippen LogP contribution in [0.2, 0.25) is 0 Å². The van der Waals surface area contributed by atoms with Crippen LogP contribution in [0.1, 0.15) is 34.8 Å². The smallest absolute Gasteiger partial charge is 0.264 e. The minimum absolute atomic E-state index is 0.0320. The number of aromatic nitrogens is 1. The highest BCUT2D eigenvalue weighted by molar-refractivity contribution is 9.10. The van der Waals surface area contributed by atoms with Crippen molar-refractivity contribution < 1.29 is 4.79 Å². The van der Waals surface area contributed by atoms with Gasteiger partial charge in [0.15, 0.2) is 0 Å². The zero-order valence-electron chi connectivity index (χ0n) is 15.0. The molecule has 0 spiro atoms. The number of hydrogen-bond donors (Lipinski definition) is 0. The minimum Gasteiger partial charge on any atom is -0.346 e. The van der Waals surface area contributed by atoms with Crippen LogP contribution in [0.5, 0.6) is 0 Å². The Hall–Kier alpha value is -2.40. The number of anilines is 1. The number of carbonyl (C=O) groups excluding carboxylic acids is 1. The molecule has 0 radical (unpaired) electrons. The highest BCUT2D eigenvalue weighted by Crippen LogP contribution is 2.35. The number of halogens is 1. The molecule has 2 aliphatic rings. The summed E-state index contributed by atoms with van der Waals surface area (Å²) >= 11 is 3.50. The molecule has 0 bridgehead atoms. The number of fused-ring (bicyclic) bond motifs is 1. The Kier molecular flexibility index (Phi) is 3.76. The van der Waals surface area contributed by atoms with Crippen molar-refractivity contribution in [3.63, 3.8) is 0 Å². The fourth-order valence-electron chi connectivity index (χ4n) is 4.55. The molecule has 5 heteroatoms. The number of carbonyl (C=O) groups is 1. The first-order valence-corrected chi connectivity index (χ1v) is 10.1. The second-order valence-electron chi connectivity index (χ2n) is 7.48. The monoisotopic (exact) mass is 422 g/mol. The van der Waals surface area contributed by atoms with Gasteiger partial charge in [0, 0.05) is 34.3 Å². The van der Waals surface area contributed by atoms with Crippen molar-refractivity contribution in [2.45, 2.75) is 38.8 Å². The van der Waals surface area contributed by atoms with Crippen LogP contribution in [0.3, 0.4) is 0 Å². The van der Waals surface area contributed by atoms with E-state index in [0.717, 1.165) is 47.0 Å². The molecule has 0 fully saturated rings. The highest BCUT2D eigenvalue weighted by Gasteiger charge is 2.33. The van der Waals surface area contributed by atoms with E-state index in [9.17, 15) is 9.59 Å². The second-order valence-corrected chi connectivity index (χ2v) is 8.40. The number of rotatable bonds is 1. The molecule has 0 saturated heterocycles. The van der Waals surface area contributed by atoms with Crippen LogP contribution in [0.15, 0.2) is 51.9 Å². The van der Waals surface area contributed by atoms with Gasteiger partial charge in [-0.25, -0.2) is 0 Å². The molecule has 0 N–H and O–H groups in total. The molecule has 0 aliphatic carbocycles. The van der Waals surface area contributed by atoms with Crippen LogP contribution in [0.4, 0.5) is 5.69 Å². The summed E-state index contributed by atoms with van der Waals surface area (Å²) in [4.78, 5) is 28.4. The van der Waals surface area contributed by atoms with Crippen LogP contribution in [-0.2, 0) is 19.4 Å². The van der Waals surface area contributed by atoms with E-state index in [4.69, 9.17) is 0 Å². The second kappa shape index (κ2) is 6.06. The topological polar surface area (TPSA) is 42.3 Å². The summed E-state index contributed by atoms with van der Waals surface area (Å²) in [6.45, 7) is 2.87. The molecule has 2 aliphatic heterocycles. The molecule has 0 saturated carbocycles. The molecule has 4 nitrogen and oxygen atoms in total. The summed E-state index contributed by atoms with van der Waals surface area (Å²) in [6, 6.07) is 11.8. The van der Waals surface area contributed by atoms with Crippen molar-refractivity contribution in [3.8, 4) is 0 Å². The molecule has 1 atom stereocenters. The van der Waals surface area contributed by atoms with E-state index < -0.39 is 0 Å². The summed E-state index contributed by atoms with van der Waals surface area (Å²) in [5, 5.41) is 0.654. The van der Waals surface area contributed by atoms with Crippen LogP contribution < -0.4 is 10.3 Å². The molecular weight excluding hydrogens is 404 g/mol. The number of para-hydroxylation sites is 1. The average molecular weight is 423 g/mol. The van der Waals surface area contributed by atoms with Crippen molar-refractivity contribution in [1.82, 2.24) is 4.57 Å². The average Bonchev–Trinajstić information content (AvgIpc) is 2.98. The van der Waals surface area contributed by atoms with Gasteiger partial charge < -0.3 is 9.47 Å². The van der Waals surface area contributed by atoms with Crippen molar-refractivity contribution in [2.24, 2.45) is 0 Å². The third kappa shape index (κ3) is 2.48. The van der Waals surface area contributed by atoms with E-state index in [1.165, 1.54) is 5.56 Å². The summed E-state index contributed by atoms with van der Waals surface area (Å²) < 4.78 is 3.09. The van der Waals surface area contributed by atoms with Crippen LogP contribution >= 0.6 is 15.9 Å². The molecule has 0 unspecified atom stereocenters. The number of benzene rings is 2. The van der Waals surface area contributed by atoms with E-state index in [-0.39, 0.29) is 22.9 Å². The number of aryl methyl sites for hydroxylation is 2. The molecule has 3 aromatic rings. The fourth-order valence-corrected chi connectivity index (χ4v) is 4.96. The quantitative estimate of drug-likeness (QED) is 0.586. The maximum Gasteiger partial charge on any atom is 0.264 e. The molecule has 136 valence electrons. The lowest BCUT2D eigenvalue weighted by molar-refractivity contribution is 0.0980. The Balaban J connectivity index is 1.68. The SMILES string of the molecule is C[C@@H]1Cc2cc(Br)ccc2N1C(=O)c1cn2c3c(cccc3c1=O)CCC2. The van der Waals surface area contributed by atoms with Crippen LogP contribution in [0.25, 0.3) is 10.9 Å². The minimum atomic E-state index is -0.199. The molecule has 5 rings (SSSR count). The zero-order valence-corrected chi connectivity index (χ0v) is 16.6. The van der Waals surface area contributed by atoms with Gasteiger partial charge in [-0.05, 0) is 61.6 Å². The molecule has 2 aromatic carbocycles. The Morgan fingerprint density at radius 2 is 2.04 bits per heavy atom. The summed E-state index contributed by atoms with van der Waals surface area (Å²) in [5.74, 6) is -0.199. The van der Waals surface area contributed by atoms with Gasteiger partial charge in [0.25, 0.3) is 5.91 Å². The van der Waals surface area contributed by atoms with Crippen molar-refractivity contribution in [2.75, 3.05) is 4.90 Å². The fraction of sp³-hybridized carbons (Fsp3) is 0.273. The number of pyridine rings is 1. The first-order chi connectivity index (χ1) is 13.0. The van der Waals surface area contributed by atoms with Crippen molar-refractivity contribution >= 4 is 38.4 Å². The first kappa shape index (κ1) is 16.8. The Labute approximate surface area is 165 Å². The van der Waals surface area contributed by atoms with E-state index in [1.807, 2.05) is 31.2 Å². The van der Waals surface area contributed by atoms with E-state index in [0.29, 0.717) is 5.39 Å². The maximum atomic E-state index is 13.4. The van der Waals surface area contributed by atoms with Crippen molar-refractivity contribution in [3.05, 3.63) is 74.0 Å². The molecule has 1 amide bonds. The standard InChI is InChI=1S/C22H19BrN2O2/c1-13-10-15-11-16(23)7-8-19(15)25(13)22(27)18-12-24-9-3-5-14-4-2-6-17(20(14)24)21(18)26/h2,4,6-8,11-13H,3,5,9-10H2,1H3/t13-/m1/s1. The van der Waals surface area contributed by atoms with Gasteiger partial charge in [0.1, 0.15) is 5.56 Å². The van der Waals surface area contributed by atoms with E-state index in [2.05, 4.69) is 32.6 Å². The molecule has 1 aromatic heterocycles. The van der Waals surface area contributed by atoms with Gasteiger partial charge in [-0.15, -0.1) is 0 Å². The summed E-state index contributed by atoms with van der Waals surface area (Å²) in [5.41, 5.74) is 4.33. The largest absolute Gasteiger partial charge is 0.346 e. The predicted molar refractivity (Wildman–Crippen MR) is 111 cm³/mol. The summed E-state index contributed by atoms with van der Waals surface area (Å²) in [7, 11) is 0. The Morgan fingerprint density at radius 1 is 1.19 bits per heavy atom. The number of nitrogens with zero attached hydrogens (tertiary/aromatic N) is 2. The number of amides is 1. The Morgan fingerprint density at radius 3 is 2.89 bits per heavy atom. The van der Waals surface area contributed by atoms with E-state index in [1.54, 1.807) is 11.1 Å². The lowest BCUT2D eigenvalue weighted by atomic mass is 9.99. The van der Waals surface area contributed by atoms with Gasteiger partial charge in [-0.3, -0.25) is 9.59 Å². The normalized spacial score (nSPS) is 18.0.